The van der Waals surface area contributed by atoms with Crippen molar-refractivity contribution in [3.8, 4) is 0 Å². The number of hydrogen-bond acceptors (Lipinski definition) is 4. The number of likely N-dealkylation sites (N-methyl/N-ethyl adjacent to an activating group) is 1. The van der Waals surface area contributed by atoms with Gasteiger partial charge in [-0.2, -0.15) is 0 Å². The SMILES string of the molecule is CN1CCN(CCCNC(=O)/C=C/C(=O)O)CC1. The van der Waals surface area contributed by atoms with Crippen molar-refractivity contribution in [1.29, 1.82) is 0 Å². The number of carboxylic acid groups (broad SMARTS) is 1. The van der Waals surface area contributed by atoms with Gasteiger partial charge in [0.15, 0.2) is 0 Å². The van der Waals surface area contributed by atoms with Gasteiger partial charge in [0.2, 0.25) is 5.91 Å². The zero-order valence-corrected chi connectivity index (χ0v) is 10.8. The Morgan fingerprint density at radius 1 is 1.22 bits per heavy atom. The summed E-state index contributed by atoms with van der Waals surface area (Å²) < 4.78 is 0. The predicted molar refractivity (Wildman–Crippen MR) is 68.3 cm³/mol. The lowest BCUT2D eigenvalue weighted by Crippen LogP contribution is -2.45. The molecule has 1 heterocycles. The largest absolute Gasteiger partial charge is 0.478 e. The Bertz CT molecular complexity index is 310. The smallest absolute Gasteiger partial charge is 0.328 e. The van der Waals surface area contributed by atoms with E-state index in [4.69, 9.17) is 5.11 Å². The first-order chi connectivity index (χ1) is 8.58. The molecule has 1 rings (SSSR count). The number of hydrogen-bond donors (Lipinski definition) is 2. The van der Waals surface area contributed by atoms with Crippen molar-refractivity contribution in [2.75, 3.05) is 46.3 Å². The predicted octanol–water partition coefficient (Wildman–Crippen LogP) is -0.619. The summed E-state index contributed by atoms with van der Waals surface area (Å²) in [6, 6.07) is 0. The number of nitrogens with zero attached hydrogens (tertiary/aromatic N) is 2. The summed E-state index contributed by atoms with van der Waals surface area (Å²) in [6.45, 7) is 5.88. The summed E-state index contributed by atoms with van der Waals surface area (Å²) >= 11 is 0. The molecule has 0 spiro atoms. The zero-order valence-electron chi connectivity index (χ0n) is 10.8. The van der Waals surface area contributed by atoms with Crippen LogP contribution in [0.25, 0.3) is 0 Å². The van der Waals surface area contributed by atoms with Crippen molar-refractivity contribution in [3.05, 3.63) is 12.2 Å². The van der Waals surface area contributed by atoms with E-state index in [1.165, 1.54) is 0 Å². The number of carboxylic acids is 1. The number of piperazine rings is 1. The molecule has 6 nitrogen and oxygen atoms in total. The molecular formula is C12H21N3O3. The van der Waals surface area contributed by atoms with E-state index in [2.05, 4.69) is 22.2 Å². The van der Waals surface area contributed by atoms with Gasteiger partial charge in [0.05, 0.1) is 0 Å². The molecule has 0 aromatic heterocycles. The molecule has 0 radical (unpaired) electrons. The molecule has 0 aromatic rings. The second-order valence-corrected chi connectivity index (χ2v) is 4.46. The molecule has 1 aliphatic rings. The molecule has 6 heteroatoms. The Hall–Kier alpha value is -1.40. The Balaban J connectivity index is 2.04. The molecule has 1 amide bonds. The van der Waals surface area contributed by atoms with Crippen LogP contribution in [0.4, 0.5) is 0 Å². The molecule has 18 heavy (non-hydrogen) atoms. The number of aliphatic carboxylic acids is 1. The fourth-order valence-electron chi connectivity index (χ4n) is 1.79. The Morgan fingerprint density at radius 2 is 1.89 bits per heavy atom. The van der Waals surface area contributed by atoms with E-state index < -0.39 is 5.97 Å². The summed E-state index contributed by atoms with van der Waals surface area (Å²) in [5.74, 6) is -1.46. The monoisotopic (exact) mass is 255 g/mol. The lowest BCUT2D eigenvalue weighted by atomic mass is 10.3. The van der Waals surface area contributed by atoms with Crippen LogP contribution < -0.4 is 5.32 Å². The molecule has 1 saturated heterocycles. The molecule has 1 fully saturated rings. The average Bonchev–Trinajstić information content (AvgIpc) is 2.34. The molecule has 0 atom stereocenters. The lowest BCUT2D eigenvalue weighted by molar-refractivity contribution is -0.131. The van der Waals surface area contributed by atoms with Crippen LogP contribution in [-0.4, -0.2) is 73.1 Å². The van der Waals surface area contributed by atoms with Gasteiger partial charge in [0.25, 0.3) is 0 Å². The van der Waals surface area contributed by atoms with Crippen molar-refractivity contribution in [2.24, 2.45) is 0 Å². The highest BCUT2D eigenvalue weighted by Crippen LogP contribution is 1.99. The van der Waals surface area contributed by atoms with Crippen LogP contribution in [0.15, 0.2) is 12.2 Å². The van der Waals surface area contributed by atoms with Gasteiger partial charge in [0, 0.05) is 44.9 Å². The molecule has 2 N–H and O–H groups in total. The fourth-order valence-corrected chi connectivity index (χ4v) is 1.79. The van der Waals surface area contributed by atoms with E-state index in [1.807, 2.05) is 0 Å². The Morgan fingerprint density at radius 3 is 2.50 bits per heavy atom. The summed E-state index contributed by atoms with van der Waals surface area (Å²) in [4.78, 5) is 26.0. The molecular weight excluding hydrogens is 234 g/mol. The van der Waals surface area contributed by atoms with Gasteiger partial charge in [-0.15, -0.1) is 0 Å². The van der Waals surface area contributed by atoms with Gasteiger partial charge < -0.3 is 20.2 Å². The normalized spacial score (nSPS) is 18.1. The summed E-state index contributed by atoms with van der Waals surface area (Å²) in [5.41, 5.74) is 0. The maximum absolute atomic E-state index is 11.2. The highest BCUT2D eigenvalue weighted by Gasteiger charge is 2.12. The van der Waals surface area contributed by atoms with Crippen molar-refractivity contribution in [3.63, 3.8) is 0 Å². The number of carbonyl (C=O) groups is 2. The maximum atomic E-state index is 11.2. The third kappa shape index (κ3) is 6.36. The standard InChI is InChI=1S/C12H21N3O3/c1-14-7-9-15(10-8-14)6-2-5-13-11(16)3-4-12(17)18/h3-4H,2,5-10H2,1H3,(H,13,16)(H,17,18)/b4-3+. The summed E-state index contributed by atoms with van der Waals surface area (Å²) in [7, 11) is 2.12. The first-order valence-corrected chi connectivity index (χ1v) is 6.17. The molecule has 0 aromatic carbocycles. The van der Waals surface area contributed by atoms with Crippen LogP contribution in [0, 0.1) is 0 Å². The van der Waals surface area contributed by atoms with E-state index in [0.29, 0.717) is 6.54 Å². The average molecular weight is 255 g/mol. The quantitative estimate of drug-likeness (QED) is 0.489. The third-order valence-electron chi connectivity index (χ3n) is 2.92. The van der Waals surface area contributed by atoms with E-state index in [0.717, 1.165) is 51.3 Å². The number of amides is 1. The zero-order chi connectivity index (χ0) is 13.4. The van der Waals surface area contributed by atoms with Crippen molar-refractivity contribution in [1.82, 2.24) is 15.1 Å². The third-order valence-corrected chi connectivity index (χ3v) is 2.92. The van der Waals surface area contributed by atoms with E-state index in [-0.39, 0.29) is 5.91 Å². The summed E-state index contributed by atoms with van der Waals surface area (Å²) in [6.07, 6.45) is 2.77. The highest BCUT2D eigenvalue weighted by molar-refractivity contribution is 5.93. The van der Waals surface area contributed by atoms with Crippen molar-refractivity contribution >= 4 is 11.9 Å². The molecule has 0 bridgehead atoms. The minimum Gasteiger partial charge on any atom is -0.478 e. The Labute approximate surface area is 107 Å². The van der Waals surface area contributed by atoms with Gasteiger partial charge >= 0.3 is 5.97 Å². The number of nitrogens with one attached hydrogen (secondary N) is 1. The maximum Gasteiger partial charge on any atom is 0.328 e. The molecule has 0 aliphatic carbocycles. The second-order valence-electron chi connectivity index (χ2n) is 4.46. The number of rotatable bonds is 6. The van der Waals surface area contributed by atoms with Gasteiger partial charge in [-0.25, -0.2) is 4.79 Å². The molecule has 0 unspecified atom stereocenters. The molecule has 0 saturated carbocycles. The van der Waals surface area contributed by atoms with Gasteiger partial charge in [-0.05, 0) is 20.0 Å². The second kappa shape index (κ2) is 7.84. The minimum absolute atomic E-state index is 0.351. The molecule has 102 valence electrons. The number of carbonyl (C=O) groups excluding carboxylic acids is 1. The van der Waals surface area contributed by atoms with Crippen LogP contribution in [-0.2, 0) is 9.59 Å². The van der Waals surface area contributed by atoms with Crippen LogP contribution in [0.1, 0.15) is 6.42 Å². The first kappa shape index (κ1) is 14.7. The van der Waals surface area contributed by atoms with Gasteiger partial charge in [0.1, 0.15) is 0 Å². The van der Waals surface area contributed by atoms with Crippen LogP contribution >= 0.6 is 0 Å². The first-order valence-electron chi connectivity index (χ1n) is 6.17. The fraction of sp³-hybridized carbons (Fsp3) is 0.667. The Kier molecular flexibility index (Phi) is 6.38. The minimum atomic E-state index is -1.11. The topological polar surface area (TPSA) is 72.9 Å². The van der Waals surface area contributed by atoms with Gasteiger partial charge in [-0.1, -0.05) is 0 Å². The summed E-state index contributed by atoms with van der Waals surface area (Å²) in [5, 5.41) is 11.0. The van der Waals surface area contributed by atoms with E-state index in [9.17, 15) is 9.59 Å². The lowest BCUT2D eigenvalue weighted by Gasteiger charge is -2.32. The van der Waals surface area contributed by atoms with Crippen LogP contribution in [0.3, 0.4) is 0 Å². The van der Waals surface area contributed by atoms with Crippen LogP contribution in [0.2, 0.25) is 0 Å². The highest BCUT2D eigenvalue weighted by atomic mass is 16.4. The van der Waals surface area contributed by atoms with Gasteiger partial charge in [-0.3, -0.25) is 4.79 Å². The van der Waals surface area contributed by atoms with Crippen LogP contribution in [0.5, 0.6) is 0 Å². The van der Waals surface area contributed by atoms with Crippen molar-refractivity contribution in [2.45, 2.75) is 6.42 Å². The van der Waals surface area contributed by atoms with Crippen molar-refractivity contribution < 1.29 is 14.7 Å². The van der Waals surface area contributed by atoms with E-state index >= 15 is 0 Å². The molecule has 1 aliphatic heterocycles. The van der Waals surface area contributed by atoms with E-state index in [1.54, 1.807) is 0 Å².